The summed E-state index contributed by atoms with van der Waals surface area (Å²) in [7, 11) is 0. The lowest BCUT2D eigenvalue weighted by molar-refractivity contribution is -0.0502. The second-order valence-corrected chi connectivity index (χ2v) is 6.98. The highest BCUT2D eigenvalue weighted by atomic mass is 19.3. The van der Waals surface area contributed by atoms with Crippen molar-refractivity contribution in [3.8, 4) is 0 Å². The number of anilines is 3. The fourth-order valence-corrected chi connectivity index (χ4v) is 3.69. The number of aromatic amines is 1. The van der Waals surface area contributed by atoms with E-state index in [1.807, 2.05) is 24.3 Å². The summed E-state index contributed by atoms with van der Waals surface area (Å²) in [6.45, 7) is 0.267. The minimum Gasteiger partial charge on any atom is -0.380 e. The van der Waals surface area contributed by atoms with Crippen molar-refractivity contribution in [2.45, 2.75) is 31.6 Å². The molecule has 1 heterocycles. The van der Waals surface area contributed by atoms with Gasteiger partial charge in [-0.3, -0.25) is 9.59 Å². The van der Waals surface area contributed by atoms with Gasteiger partial charge in [0.25, 0.3) is 10.9 Å². The van der Waals surface area contributed by atoms with Crippen LogP contribution in [0.3, 0.4) is 0 Å². The molecule has 1 saturated carbocycles. The van der Waals surface area contributed by atoms with Crippen molar-refractivity contribution in [3.63, 3.8) is 0 Å². The molecule has 7 heteroatoms. The molecule has 3 aromatic rings. The molecule has 0 spiro atoms. The Morgan fingerprint density at radius 2 is 1.92 bits per heavy atom. The maximum atomic E-state index is 13.5. The van der Waals surface area contributed by atoms with Crippen molar-refractivity contribution in [1.29, 1.82) is 0 Å². The molecule has 5 nitrogen and oxygen atoms in total. The number of halogens is 2. The maximum absolute atomic E-state index is 13.5. The Bertz CT molecular complexity index is 1020. The van der Waals surface area contributed by atoms with Gasteiger partial charge < -0.3 is 15.6 Å². The lowest BCUT2D eigenvalue weighted by atomic mass is 9.86. The van der Waals surface area contributed by atoms with Crippen molar-refractivity contribution in [1.82, 2.24) is 4.98 Å². The van der Waals surface area contributed by atoms with Gasteiger partial charge in [-0.05, 0) is 24.8 Å². The first-order chi connectivity index (χ1) is 12.4. The molecule has 1 aliphatic carbocycles. The number of nitrogens with one attached hydrogen (secondary N) is 3. The quantitative estimate of drug-likeness (QED) is 0.607. The van der Waals surface area contributed by atoms with Crippen molar-refractivity contribution in [2.75, 3.05) is 17.2 Å². The second kappa shape index (κ2) is 6.23. The number of para-hydroxylation sites is 1. The Hall–Kier alpha value is -2.70. The normalized spacial score (nSPS) is 19.7. The monoisotopic (exact) mass is 359 g/mol. The molecule has 136 valence electrons. The van der Waals surface area contributed by atoms with Gasteiger partial charge >= 0.3 is 0 Å². The van der Waals surface area contributed by atoms with Crippen LogP contribution >= 0.6 is 0 Å². The smallest absolute Gasteiger partial charge is 0.253 e. The topological polar surface area (TPSA) is 74.0 Å². The summed E-state index contributed by atoms with van der Waals surface area (Å²) in [6, 6.07) is 7.58. The Morgan fingerprint density at radius 1 is 1.15 bits per heavy atom. The number of H-pyrrole nitrogens is 1. The van der Waals surface area contributed by atoms with Gasteiger partial charge in [0.1, 0.15) is 11.4 Å². The summed E-state index contributed by atoms with van der Waals surface area (Å²) in [5.74, 6) is -2.84. The van der Waals surface area contributed by atoms with Gasteiger partial charge in [0.2, 0.25) is 5.92 Å². The van der Waals surface area contributed by atoms with Gasteiger partial charge in [0, 0.05) is 36.5 Å². The van der Waals surface area contributed by atoms with E-state index < -0.39 is 16.8 Å². The lowest BCUT2D eigenvalue weighted by Crippen LogP contribution is -2.38. The van der Waals surface area contributed by atoms with Crippen LogP contribution in [0.15, 0.2) is 40.1 Å². The first-order valence-corrected chi connectivity index (χ1v) is 8.73. The van der Waals surface area contributed by atoms with E-state index in [4.69, 9.17) is 0 Å². The zero-order valence-corrected chi connectivity index (χ0v) is 14.1. The molecule has 1 atom stereocenters. The van der Waals surface area contributed by atoms with E-state index in [0.717, 1.165) is 10.9 Å². The Labute approximate surface area is 148 Å². The Kier molecular flexibility index (Phi) is 4.01. The molecule has 0 amide bonds. The molecular weight excluding hydrogens is 340 g/mol. The fraction of sp³-hybridized carbons (Fsp3) is 0.368. The molecule has 2 aromatic carbocycles. The van der Waals surface area contributed by atoms with Gasteiger partial charge in [-0.2, -0.15) is 0 Å². The number of rotatable bonds is 5. The van der Waals surface area contributed by atoms with E-state index >= 15 is 0 Å². The molecule has 3 N–H and O–H groups in total. The van der Waals surface area contributed by atoms with E-state index in [1.54, 1.807) is 6.20 Å². The third kappa shape index (κ3) is 2.98. The van der Waals surface area contributed by atoms with Crippen LogP contribution < -0.4 is 21.5 Å². The SMILES string of the molecule is O=c1c(NC[C@@H]2CCCC(F)(F)C2)c(Nc2c[nH]c3ccccc23)c1=O. The Morgan fingerprint density at radius 3 is 2.73 bits per heavy atom. The standard InChI is InChI=1S/C19H19F2N3O2/c20-19(21)7-3-4-11(8-19)9-23-15-16(18(26)17(15)25)24-14-10-22-13-6-2-1-5-12(13)14/h1-2,5-6,10-11,22-24H,3-4,7-9H2/t11-/m1/s1. The molecule has 1 fully saturated rings. The molecule has 0 aliphatic heterocycles. The molecular formula is C19H19F2N3O2. The molecule has 4 rings (SSSR count). The van der Waals surface area contributed by atoms with Crippen LogP contribution in [0.4, 0.5) is 25.8 Å². The lowest BCUT2D eigenvalue weighted by Gasteiger charge is -2.29. The number of alkyl halides is 2. The van der Waals surface area contributed by atoms with Crippen LogP contribution in [0.1, 0.15) is 25.7 Å². The number of hydrogen-bond acceptors (Lipinski definition) is 4. The summed E-state index contributed by atoms with van der Waals surface area (Å²) in [6.07, 6.45) is 2.65. The maximum Gasteiger partial charge on any atom is 0.253 e. The molecule has 0 radical (unpaired) electrons. The minimum atomic E-state index is -2.64. The first-order valence-electron chi connectivity index (χ1n) is 8.73. The predicted molar refractivity (Wildman–Crippen MR) is 98.3 cm³/mol. The fourth-order valence-electron chi connectivity index (χ4n) is 3.69. The molecule has 0 unspecified atom stereocenters. The van der Waals surface area contributed by atoms with Gasteiger partial charge in [0.05, 0.1) is 5.69 Å². The van der Waals surface area contributed by atoms with Gasteiger partial charge in [0.15, 0.2) is 0 Å². The molecule has 0 bridgehead atoms. The molecule has 0 saturated heterocycles. The highest BCUT2D eigenvalue weighted by molar-refractivity contribution is 5.95. The zero-order valence-electron chi connectivity index (χ0n) is 14.1. The number of benzene rings is 1. The van der Waals surface area contributed by atoms with Crippen LogP contribution in [0.25, 0.3) is 10.9 Å². The van der Waals surface area contributed by atoms with Crippen LogP contribution in [0, 0.1) is 5.92 Å². The first kappa shape index (κ1) is 16.8. The summed E-state index contributed by atoms with van der Waals surface area (Å²) >= 11 is 0. The van der Waals surface area contributed by atoms with Gasteiger partial charge in [-0.25, -0.2) is 8.78 Å². The van der Waals surface area contributed by atoms with E-state index in [2.05, 4.69) is 15.6 Å². The van der Waals surface area contributed by atoms with E-state index in [1.165, 1.54) is 0 Å². The highest BCUT2D eigenvalue weighted by Crippen LogP contribution is 2.37. The predicted octanol–water partition coefficient (Wildman–Crippen LogP) is 3.74. The minimum absolute atomic E-state index is 0.0724. The summed E-state index contributed by atoms with van der Waals surface area (Å²) in [5.41, 5.74) is 0.797. The average Bonchev–Trinajstić information content (AvgIpc) is 3.03. The summed E-state index contributed by atoms with van der Waals surface area (Å²) in [5, 5.41) is 6.82. The number of aromatic nitrogens is 1. The number of fused-ring (bicyclic) bond motifs is 1. The third-order valence-corrected chi connectivity index (χ3v) is 5.07. The van der Waals surface area contributed by atoms with Gasteiger partial charge in [-0.15, -0.1) is 0 Å². The van der Waals surface area contributed by atoms with E-state index in [9.17, 15) is 18.4 Å². The third-order valence-electron chi connectivity index (χ3n) is 5.07. The largest absolute Gasteiger partial charge is 0.380 e. The highest BCUT2D eigenvalue weighted by Gasteiger charge is 2.36. The van der Waals surface area contributed by atoms with Crippen molar-refractivity contribution >= 4 is 28.0 Å². The zero-order chi connectivity index (χ0) is 18.3. The summed E-state index contributed by atoms with van der Waals surface area (Å²) < 4.78 is 27.0. The van der Waals surface area contributed by atoms with Gasteiger partial charge in [-0.1, -0.05) is 18.2 Å². The molecule has 1 aromatic heterocycles. The summed E-state index contributed by atoms with van der Waals surface area (Å²) in [4.78, 5) is 26.9. The van der Waals surface area contributed by atoms with Crippen LogP contribution in [-0.4, -0.2) is 17.5 Å². The average molecular weight is 359 g/mol. The Balaban J connectivity index is 1.50. The van der Waals surface area contributed by atoms with Crippen LogP contribution in [-0.2, 0) is 0 Å². The number of hydrogen-bond donors (Lipinski definition) is 3. The second-order valence-electron chi connectivity index (χ2n) is 6.98. The van der Waals surface area contributed by atoms with Crippen molar-refractivity contribution in [3.05, 3.63) is 50.9 Å². The molecule has 1 aliphatic rings. The molecule has 26 heavy (non-hydrogen) atoms. The van der Waals surface area contributed by atoms with Crippen molar-refractivity contribution in [2.24, 2.45) is 5.92 Å². The van der Waals surface area contributed by atoms with E-state index in [-0.39, 0.29) is 36.7 Å². The van der Waals surface area contributed by atoms with E-state index in [0.29, 0.717) is 18.5 Å². The van der Waals surface area contributed by atoms with Crippen molar-refractivity contribution < 1.29 is 8.78 Å². The van der Waals surface area contributed by atoms with Crippen LogP contribution in [0.2, 0.25) is 0 Å². The van der Waals surface area contributed by atoms with Crippen LogP contribution in [0.5, 0.6) is 0 Å².